The standard InChI is InChI=1S/C17H21N3O4S/c1-3-20(4-2)9-10-24-16(22)12-5-7-13(8-6-12)18-11-14-15(21)19-17(23)25-14/h5-8,11,21H,3-4,9-10H2,1-2H3,(H,19,23). The smallest absolute Gasteiger partial charge is 0.338 e. The molecule has 0 aliphatic rings. The summed E-state index contributed by atoms with van der Waals surface area (Å²) >= 11 is 0.868. The molecule has 0 radical (unpaired) electrons. The van der Waals surface area contributed by atoms with Crippen molar-refractivity contribution in [3.05, 3.63) is 44.4 Å². The van der Waals surface area contributed by atoms with Crippen molar-refractivity contribution < 1.29 is 14.6 Å². The predicted molar refractivity (Wildman–Crippen MR) is 98.4 cm³/mol. The number of carbonyl (C=O) groups excluding carboxylic acids is 1. The lowest BCUT2D eigenvalue weighted by Gasteiger charge is -2.17. The van der Waals surface area contributed by atoms with Crippen LogP contribution in [0.5, 0.6) is 5.88 Å². The van der Waals surface area contributed by atoms with E-state index in [1.807, 2.05) is 0 Å². The van der Waals surface area contributed by atoms with Crippen molar-refractivity contribution in [2.24, 2.45) is 4.99 Å². The number of hydrogen-bond donors (Lipinski definition) is 2. The van der Waals surface area contributed by atoms with E-state index in [0.717, 1.165) is 24.4 Å². The first kappa shape index (κ1) is 18.9. The fourth-order valence-electron chi connectivity index (χ4n) is 2.13. The monoisotopic (exact) mass is 363 g/mol. The normalized spacial score (nSPS) is 11.3. The van der Waals surface area contributed by atoms with Crippen LogP contribution in [0.15, 0.2) is 34.1 Å². The Morgan fingerprint density at radius 3 is 2.56 bits per heavy atom. The summed E-state index contributed by atoms with van der Waals surface area (Å²) in [7, 11) is 0. The van der Waals surface area contributed by atoms with E-state index >= 15 is 0 Å². The number of hydrogen-bond acceptors (Lipinski definition) is 7. The SMILES string of the molecule is CCN(CC)CCOC(=O)c1ccc(N=Cc2sc(=O)[nH]c2O)cc1. The van der Waals surface area contributed by atoms with E-state index in [0.29, 0.717) is 29.3 Å². The summed E-state index contributed by atoms with van der Waals surface area (Å²) in [6.45, 7) is 7.04. The van der Waals surface area contributed by atoms with Crippen molar-refractivity contribution in [3.63, 3.8) is 0 Å². The number of ether oxygens (including phenoxy) is 1. The Labute approximate surface area is 149 Å². The summed E-state index contributed by atoms with van der Waals surface area (Å²) < 4.78 is 5.26. The van der Waals surface area contributed by atoms with Crippen molar-refractivity contribution in [2.75, 3.05) is 26.2 Å². The Hall–Kier alpha value is -2.45. The van der Waals surface area contributed by atoms with Crippen molar-refractivity contribution in [1.29, 1.82) is 0 Å². The molecule has 0 saturated heterocycles. The highest BCUT2D eigenvalue weighted by atomic mass is 32.1. The number of aromatic nitrogens is 1. The molecule has 25 heavy (non-hydrogen) atoms. The zero-order chi connectivity index (χ0) is 18.2. The molecular weight excluding hydrogens is 342 g/mol. The van der Waals surface area contributed by atoms with E-state index in [2.05, 4.69) is 28.7 Å². The largest absolute Gasteiger partial charge is 0.493 e. The van der Waals surface area contributed by atoms with Gasteiger partial charge in [0.2, 0.25) is 5.88 Å². The van der Waals surface area contributed by atoms with Crippen LogP contribution in [0.2, 0.25) is 0 Å². The molecule has 0 atom stereocenters. The summed E-state index contributed by atoms with van der Waals surface area (Å²) in [5, 5.41) is 9.48. The van der Waals surface area contributed by atoms with Gasteiger partial charge in [-0.25, -0.2) is 4.79 Å². The third-order valence-corrected chi connectivity index (χ3v) is 4.43. The predicted octanol–water partition coefficient (Wildman–Crippen LogP) is 2.39. The number of thiazole rings is 1. The minimum absolute atomic E-state index is 0.202. The van der Waals surface area contributed by atoms with Gasteiger partial charge in [0.25, 0.3) is 0 Å². The molecule has 0 saturated carbocycles. The Balaban J connectivity index is 1.91. The quantitative estimate of drug-likeness (QED) is 0.555. The van der Waals surface area contributed by atoms with Crippen molar-refractivity contribution >= 4 is 29.2 Å². The lowest BCUT2D eigenvalue weighted by molar-refractivity contribution is 0.0466. The van der Waals surface area contributed by atoms with E-state index < -0.39 is 0 Å². The van der Waals surface area contributed by atoms with Crippen LogP contribution in [0, 0.1) is 0 Å². The highest BCUT2D eigenvalue weighted by Crippen LogP contribution is 2.17. The second-order valence-electron chi connectivity index (χ2n) is 5.20. The molecule has 0 bridgehead atoms. The second-order valence-corrected chi connectivity index (χ2v) is 6.21. The van der Waals surface area contributed by atoms with Crippen LogP contribution in [-0.4, -0.2) is 53.4 Å². The number of rotatable bonds is 8. The number of nitrogens with zero attached hydrogens (tertiary/aromatic N) is 2. The number of likely N-dealkylation sites (N-methyl/N-ethyl adjacent to an activating group) is 1. The molecule has 1 aromatic carbocycles. The van der Waals surface area contributed by atoms with Gasteiger partial charge in [-0.2, -0.15) is 0 Å². The Kier molecular flexibility index (Phi) is 6.91. The minimum Gasteiger partial charge on any atom is -0.493 e. The van der Waals surface area contributed by atoms with Crippen LogP contribution in [0.4, 0.5) is 5.69 Å². The number of aromatic amines is 1. The molecule has 1 aromatic heterocycles. The Morgan fingerprint density at radius 1 is 1.32 bits per heavy atom. The summed E-state index contributed by atoms with van der Waals surface area (Å²) in [6, 6.07) is 6.60. The van der Waals surface area contributed by atoms with Crippen molar-refractivity contribution in [1.82, 2.24) is 9.88 Å². The second kappa shape index (κ2) is 9.14. The topological polar surface area (TPSA) is 95.0 Å². The fraction of sp³-hybridized carbons (Fsp3) is 0.353. The van der Waals surface area contributed by atoms with Gasteiger partial charge in [0.15, 0.2) is 0 Å². The molecule has 0 aliphatic carbocycles. The van der Waals surface area contributed by atoms with Crippen LogP contribution in [-0.2, 0) is 4.74 Å². The molecule has 1 heterocycles. The first-order valence-corrected chi connectivity index (χ1v) is 8.80. The first-order valence-electron chi connectivity index (χ1n) is 7.99. The van der Waals surface area contributed by atoms with Gasteiger partial charge < -0.3 is 14.7 Å². The van der Waals surface area contributed by atoms with Crippen LogP contribution in [0.3, 0.4) is 0 Å². The van der Waals surface area contributed by atoms with E-state index in [9.17, 15) is 14.7 Å². The zero-order valence-corrected chi connectivity index (χ0v) is 15.0. The number of H-pyrrole nitrogens is 1. The van der Waals surface area contributed by atoms with Crippen LogP contribution in [0.25, 0.3) is 0 Å². The molecule has 8 heteroatoms. The number of aliphatic imine (C=N–C) groups is 1. The summed E-state index contributed by atoms with van der Waals surface area (Å²) in [5.74, 6) is -0.573. The summed E-state index contributed by atoms with van der Waals surface area (Å²) in [5.41, 5.74) is 1.05. The maximum Gasteiger partial charge on any atom is 0.338 e. The van der Waals surface area contributed by atoms with Gasteiger partial charge >= 0.3 is 10.8 Å². The maximum atomic E-state index is 12.0. The van der Waals surface area contributed by atoms with Crippen molar-refractivity contribution in [2.45, 2.75) is 13.8 Å². The third kappa shape index (κ3) is 5.54. The van der Waals surface area contributed by atoms with E-state index in [4.69, 9.17) is 4.74 Å². The minimum atomic E-state index is -0.371. The molecule has 0 unspecified atom stereocenters. The number of carbonyl (C=O) groups is 1. The number of esters is 1. The molecule has 2 N–H and O–H groups in total. The molecule has 134 valence electrons. The van der Waals surface area contributed by atoms with Gasteiger partial charge in [0, 0.05) is 6.54 Å². The molecule has 0 spiro atoms. The van der Waals surface area contributed by atoms with Crippen molar-refractivity contribution in [3.8, 4) is 5.88 Å². The van der Waals surface area contributed by atoms with E-state index in [-0.39, 0.29) is 16.7 Å². The Morgan fingerprint density at radius 2 is 2.00 bits per heavy atom. The lowest BCUT2D eigenvalue weighted by atomic mass is 10.2. The van der Waals surface area contributed by atoms with E-state index in [1.54, 1.807) is 24.3 Å². The fourth-order valence-corrected chi connectivity index (χ4v) is 2.73. The maximum absolute atomic E-state index is 12.0. The summed E-state index contributed by atoms with van der Waals surface area (Å²) in [6.07, 6.45) is 1.40. The molecule has 0 amide bonds. The zero-order valence-electron chi connectivity index (χ0n) is 14.2. The van der Waals surface area contributed by atoms with Crippen LogP contribution < -0.4 is 4.87 Å². The van der Waals surface area contributed by atoms with Crippen LogP contribution in [0.1, 0.15) is 29.1 Å². The number of nitrogens with one attached hydrogen (secondary N) is 1. The van der Waals surface area contributed by atoms with Gasteiger partial charge in [-0.05, 0) is 37.4 Å². The van der Waals surface area contributed by atoms with Gasteiger partial charge in [0.05, 0.1) is 17.5 Å². The molecule has 2 rings (SSSR count). The first-order chi connectivity index (χ1) is 12.0. The molecular formula is C17H21N3O4S. The van der Waals surface area contributed by atoms with Gasteiger partial charge in [-0.1, -0.05) is 25.2 Å². The molecule has 0 fully saturated rings. The molecule has 0 aliphatic heterocycles. The molecule has 2 aromatic rings. The highest BCUT2D eigenvalue weighted by molar-refractivity contribution is 7.11. The van der Waals surface area contributed by atoms with Gasteiger partial charge in [0.1, 0.15) is 11.5 Å². The lowest BCUT2D eigenvalue weighted by Crippen LogP contribution is -2.27. The molecule has 7 nitrogen and oxygen atoms in total. The van der Waals surface area contributed by atoms with Gasteiger partial charge in [-0.3, -0.25) is 14.8 Å². The summed E-state index contributed by atoms with van der Waals surface area (Å²) in [4.78, 5) is 31.7. The average Bonchev–Trinajstić information content (AvgIpc) is 2.94. The Bertz CT molecular complexity index is 776. The van der Waals surface area contributed by atoms with Gasteiger partial charge in [-0.15, -0.1) is 0 Å². The average molecular weight is 363 g/mol. The van der Waals surface area contributed by atoms with Crippen LogP contribution >= 0.6 is 11.3 Å². The van der Waals surface area contributed by atoms with E-state index in [1.165, 1.54) is 6.21 Å². The number of aromatic hydroxyl groups is 1. The number of benzene rings is 1. The highest BCUT2D eigenvalue weighted by Gasteiger charge is 2.08. The third-order valence-electron chi connectivity index (χ3n) is 3.63.